The zero-order valence-corrected chi connectivity index (χ0v) is 16.8. The summed E-state index contributed by atoms with van der Waals surface area (Å²) >= 11 is 0. The quantitative estimate of drug-likeness (QED) is 0.583. The van der Waals surface area contributed by atoms with Crippen LogP contribution in [0, 0.1) is 0 Å². The van der Waals surface area contributed by atoms with Crippen LogP contribution in [0.25, 0.3) is 0 Å². The van der Waals surface area contributed by atoms with Gasteiger partial charge in [-0.15, -0.1) is 0 Å². The number of nitrogens with zero attached hydrogens (tertiary/aromatic N) is 7. The lowest BCUT2D eigenvalue weighted by Gasteiger charge is -2.33. The number of aromatic nitrogens is 7. The van der Waals surface area contributed by atoms with Crippen molar-refractivity contribution in [2.45, 2.75) is 56.8 Å². The third-order valence-electron chi connectivity index (χ3n) is 5.63. The summed E-state index contributed by atoms with van der Waals surface area (Å²) in [7, 11) is 0. The molecule has 12 heteroatoms. The van der Waals surface area contributed by atoms with Crippen LogP contribution in [0.4, 0.5) is 30.6 Å². The van der Waals surface area contributed by atoms with Crippen molar-refractivity contribution in [3.8, 4) is 0 Å². The van der Waals surface area contributed by atoms with E-state index in [1.165, 1.54) is 0 Å². The normalized spacial score (nSPS) is 21.0. The number of nitrogens with one attached hydrogen (secondary N) is 2. The molecule has 0 saturated heterocycles. The second-order valence-electron chi connectivity index (χ2n) is 7.92. The molecule has 0 atom stereocenters. The maximum Gasteiger partial charge on any atom is 0.421 e. The molecule has 5 rings (SSSR count). The summed E-state index contributed by atoms with van der Waals surface area (Å²) in [6, 6.07) is 0.602. The topological polar surface area (TPSA) is 98.4 Å². The minimum atomic E-state index is -4.53. The van der Waals surface area contributed by atoms with E-state index in [9.17, 15) is 13.2 Å². The Labute approximate surface area is 176 Å². The number of halogens is 3. The highest BCUT2D eigenvalue weighted by molar-refractivity contribution is 5.59. The highest BCUT2D eigenvalue weighted by atomic mass is 19.4. The molecule has 0 aliphatic heterocycles. The Balaban J connectivity index is 1.39. The molecule has 31 heavy (non-hydrogen) atoms. The Morgan fingerprint density at radius 2 is 1.87 bits per heavy atom. The van der Waals surface area contributed by atoms with Crippen molar-refractivity contribution in [1.82, 2.24) is 34.7 Å². The van der Waals surface area contributed by atoms with Crippen molar-refractivity contribution < 1.29 is 13.2 Å². The van der Waals surface area contributed by atoms with Gasteiger partial charge in [0.2, 0.25) is 5.95 Å². The molecule has 3 aromatic rings. The van der Waals surface area contributed by atoms with E-state index in [0.29, 0.717) is 12.6 Å². The molecular formula is C19H22F3N9. The third-order valence-corrected chi connectivity index (χ3v) is 5.63. The summed E-state index contributed by atoms with van der Waals surface area (Å²) in [6.45, 7) is 2.03. The van der Waals surface area contributed by atoms with Gasteiger partial charge in [0.25, 0.3) is 0 Å². The predicted octanol–water partition coefficient (Wildman–Crippen LogP) is 3.91. The van der Waals surface area contributed by atoms with Crippen LogP contribution in [-0.4, -0.2) is 41.3 Å². The Morgan fingerprint density at radius 1 is 1.13 bits per heavy atom. The minimum Gasteiger partial charge on any atom is -0.370 e. The van der Waals surface area contributed by atoms with Gasteiger partial charge < -0.3 is 10.6 Å². The van der Waals surface area contributed by atoms with Crippen LogP contribution >= 0.6 is 0 Å². The summed E-state index contributed by atoms with van der Waals surface area (Å²) in [5, 5.41) is 19.0. The number of anilines is 3. The van der Waals surface area contributed by atoms with E-state index in [1.807, 2.05) is 10.9 Å². The average Bonchev–Trinajstić information content (AvgIpc) is 3.24. The molecule has 0 aromatic carbocycles. The lowest BCUT2D eigenvalue weighted by atomic mass is 9.78. The Hall–Kier alpha value is -3.18. The molecule has 164 valence electrons. The van der Waals surface area contributed by atoms with Gasteiger partial charge >= 0.3 is 6.18 Å². The second kappa shape index (κ2) is 7.50. The van der Waals surface area contributed by atoms with Gasteiger partial charge in [-0.25, -0.2) is 4.98 Å². The number of alkyl halides is 3. The van der Waals surface area contributed by atoms with Gasteiger partial charge in [-0.2, -0.15) is 38.2 Å². The number of hydrogen-bond donors (Lipinski definition) is 2. The molecule has 3 heterocycles. The zero-order valence-electron chi connectivity index (χ0n) is 16.8. The van der Waals surface area contributed by atoms with E-state index >= 15 is 0 Å². The van der Waals surface area contributed by atoms with Gasteiger partial charge in [0.05, 0.1) is 35.9 Å². The summed E-state index contributed by atoms with van der Waals surface area (Å²) in [5.74, 6) is 0.0726. The summed E-state index contributed by atoms with van der Waals surface area (Å²) in [6.07, 6.45) is 5.35. The Morgan fingerprint density at radius 3 is 2.52 bits per heavy atom. The molecule has 2 aliphatic carbocycles. The smallest absolute Gasteiger partial charge is 0.370 e. The van der Waals surface area contributed by atoms with Crippen molar-refractivity contribution in [3.63, 3.8) is 0 Å². The highest BCUT2D eigenvalue weighted by Gasteiger charge is 2.38. The average molecular weight is 433 g/mol. The van der Waals surface area contributed by atoms with Gasteiger partial charge in [0, 0.05) is 24.9 Å². The fourth-order valence-corrected chi connectivity index (χ4v) is 3.82. The van der Waals surface area contributed by atoms with Crippen LogP contribution in [-0.2, 0) is 6.18 Å². The molecule has 3 aromatic heterocycles. The van der Waals surface area contributed by atoms with E-state index in [2.05, 4.69) is 30.8 Å². The van der Waals surface area contributed by atoms with Gasteiger partial charge in [-0.05, 0) is 32.6 Å². The number of rotatable bonds is 7. The van der Waals surface area contributed by atoms with E-state index in [0.717, 1.165) is 43.3 Å². The maximum absolute atomic E-state index is 13.2. The van der Waals surface area contributed by atoms with Crippen LogP contribution in [0.5, 0.6) is 0 Å². The fraction of sp³-hybridized carbons (Fsp3) is 0.526. The van der Waals surface area contributed by atoms with Crippen LogP contribution in [0.15, 0.2) is 24.8 Å². The SMILES string of the molecule is CCNc1nc(Nc2cn(C3CC3)nc2C2CC(n3nccn3)C2)ncc1C(F)(F)F. The Kier molecular flexibility index (Phi) is 4.78. The second-order valence-corrected chi connectivity index (χ2v) is 7.92. The van der Waals surface area contributed by atoms with Crippen molar-refractivity contribution >= 4 is 17.5 Å². The lowest BCUT2D eigenvalue weighted by Crippen LogP contribution is -2.27. The van der Waals surface area contributed by atoms with Crippen LogP contribution in [0.3, 0.4) is 0 Å². The lowest BCUT2D eigenvalue weighted by molar-refractivity contribution is -0.137. The first-order valence-corrected chi connectivity index (χ1v) is 10.3. The highest BCUT2D eigenvalue weighted by Crippen LogP contribution is 2.47. The molecule has 9 nitrogen and oxygen atoms in total. The fourth-order valence-electron chi connectivity index (χ4n) is 3.82. The molecule has 2 saturated carbocycles. The first kappa shape index (κ1) is 19.8. The van der Waals surface area contributed by atoms with Crippen molar-refractivity contribution in [3.05, 3.63) is 36.0 Å². The van der Waals surface area contributed by atoms with E-state index < -0.39 is 11.7 Å². The molecule has 2 aliphatic rings. The summed E-state index contributed by atoms with van der Waals surface area (Å²) in [5.41, 5.74) is 0.720. The molecule has 0 radical (unpaired) electrons. The monoisotopic (exact) mass is 433 g/mol. The van der Waals surface area contributed by atoms with E-state index in [-0.39, 0.29) is 23.7 Å². The van der Waals surface area contributed by atoms with Crippen LogP contribution in [0.1, 0.15) is 61.9 Å². The van der Waals surface area contributed by atoms with E-state index in [1.54, 1.807) is 24.1 Å². The van der Waals surface area contributed by atoms with E-state index in [4.69, 9.17) is 5.10 Å². The molecule has 2 fully saturated rings. The van der Waals surface area contributed by atoms with Gasteiger partial charge in [0.1, 0.15) is 11.4 Å². The molecule has 2 N–H and O–H groups in total. The largest absolute Gasteiger partial charge is 0.421 e. The summed E-state index contributed by atoms with van der Waals surface area (Å²) < 4.78 is 41.7. The van der Waals surface area contributed by atoms with Crippen LogP contribution in [0.2, 0.25) is 0 Å². The van der Waals surface area contributed by atoms with Gasteiger partial charge in [-0.3, -0.25) is 4.68 Å². The molecule has 0 unspecified atom stereocenters. The maximum atomic E-state index is 13.2. The zero-order chi connectivity index (χ0) is 21.6. The standard InChI is InChI=1S/C19H22F3N9/c1-2-23-17-14(19(20,21)22)9-24-18(28-17)27-15-10-30(12-3-4-12)29-16(15)11-7-13(8-11)31-25-5-6-26-31/h5-6,9-13H,2-4,7-8H2,1H3,(H2,23,24,27,28). The first-order chi connectivity index (χ1) is 14.9. The Bertz CT molecular complexity index is 1050. The van der Waals surface area contributed by atoms with Gasteiger partial charge in [-0.1, -0.05) is 0 Å². The number of hydrogen-bond acceptors (Lipinski definition) is 7. The summed E-state index contributed by atoms with van der Waals surface area (Å²) in [4.78, 5) is 9.70. The van der Waals surface area contributed by atoms with Crippen molar-refractivity contribution in [2.75, 3.05) is 17.2 Å². The van der Waals surface area contributed by atoms with Crippen molar-refractivity contribution in [1.29, 1.82) is 0 Å². The molecule has 0 bridgehead atoms. The minimum absolute atomic E-state index is 0.102. The third kappa shape index (κ3) is 3.93. The predicted molar refractivity (Wildman–Crippen MR) is 106 cm³/mol. The molecular weight excluding hydrogens is 411 g/mol. The first-order valence-electron chi connectivity index (χ1n) is 10.3. The van der Waals surface area contributed by atoms with Crippen LogP contribution < -0.4 is 10.6 Å². The molecule has 0 amide bonds. The molecule has 0 spiro atoms. The van der Waals surface area contributed by atoms with Crippen molar-refractivity contribution in [2.24, 2.45) is 0 Å². The van der Waals surface area contributed by atoms with Gasteiger partial charge in [0.15, 0.2) is 0 Å².